The van der Waals surface area contributed by atoms with Crippen LogP contribution < -0.4 is 5.32 Å². The van der Waals surface area contributed by atoms with Gasteiger partial charge in [0.05, 0.1) is 13.0 Å². The highest BCUT2D eigenvalue weighted by molar-refractivity contribution is 5.78. The van der Waals surface area contributed by atoms with E-state index in [1.165, 1.54) is 5.56 Å². The van der Waals surface area contributed by atoms with Crippen molar-refractivity contribution in [1.82, 2.24) is 5.32 Å². The van der Waals surface area contributed by atoms with Gasteiger partial charge in [-0.25, -0.2) is 0 Å². The van der Waals surface area contributed by atoms with Crippen LogP contribution in [0.3, 0.4) is 0 Å². The molecule has 15 heavy (non-hydrogen) atoms. The van der Waals surface area contributed by atoms with Crippen molar-refractivity contribution >= 4 is 5.91 Å². The SMILES string of the molecule is COCCNC(=O)Cc1ccc(C)cc1. The van der Waals surface area contributed by atoms with Crippen molar-refractivity contribution in [2.75, 3.05) is 20.3 Å². The van der Waals surface area contributed by atoms with Gasteiger partial charge < -0.3 is 10.1 Å². The number of hydrogen-bond donors (Lipinski definition) is 1. The van der Waals surface area contributed by atoms with Gasteiger partial charge in [0.1, 0.15) is 0 Å². The minimum Gasteiger partial charge on any atom is -0.383 e. The van der Waals surface area contributed by atoms with Gasteiger partial charge in [-0.3, -0.25) is 4.79 Å². The molecule has 0 aliphatic carbocycles. The van der Waals surface area contributed by atoms with E-state index in [2.05, 4.69) is 5.32 Å². The molecule has 0 atom stereocenters. The Morgan fingerprint density at radius 2 is 2.00 bits per heavy atom. The van der Waals surface area contributed by atoms with E-state index in [-0.39, 0.29) is 5.91 Å². The van der Waals surface area contributed by atoms with Crippen LogP contribution in [0.5, 0.6) is 0 Å². The summed E-state index contributed by atoms with van der Waals surface area (Å²) in [5.74, 6) is 0.0379. The maximum absolute atomic E-state index is 11.4. The van der Waals surface area contributed by atoms with Crippen molar-refractivity contribution in [2.24, 2.45) is 0 Å². The van der Waals surface area contributed by atoms with Crippen molar-refractivity contribution in [2.45, 2.75) is 13.3 Å². The Labute approximate surface area is 90.4 Å². The molecule has 0 spiro atoms. The zero-order valence-electron chi connectivity index (χ0n) is 9.25. The first-order valence-electron chi connectivity index (χ1n) is 5.03. The Morgan fingerprint density at radius 1 is 1.33 bits per heavy atom. The zero-order chi connectivity index (χ0) is 11.1. The van der Waals surface area contributed by atoms with Crippen LogP contribution in [-0.2, 0) is 16.0 Å². The largest absolute Gasteiger partial charge is 0.383 e. The van der Waals surface area contributed by atoms with Gasteiger partial charge in [-0.1, -0.05) is 29.8 Å². The average Bonchev–Trinajstić information content (AvgIpc) is 2.22. The summed E-state index contributed by atoms with van der Waals surface area (Å²) in [5, 5.41) is 2.78. The predicted molar refractivity (Wildman–Crippen MR) is 59.8 cm³/mol. The van der Waals surface area contributed by atoms with Crippen molar-refractivity contribution in [3.8, 4) is 0 Å². The molecule has 1 aromatic carbocycles. The Balaban J connectivity index is 2.34. The summed E-state index contributed by atoms with van der Waals surface area (Å²) < 4.78 is 4.84. The van der Waals surface area contributed by atoms with E-state index in [1.807, 2.05) is 31.2 Å². The van der Waals surface area contributed by atoms with Crippen LogP contribution in [0.15, 0.2) is 24.3 Å². The lowest BCUT2D eigenvalue weighted by atomic mass is 10.1. The van der Waals surface area contributed by atoms with Crippen LogP contribution >= 0.6 is 0 Å². The Kier molecular flexibility index (Phi) is 4.84. The van der Waals surface area contributed by atoms with Gasteiger partial charge in [0.2, 0.25) is 5.91 Å². The molecule has 1 aromatic rings. The number of aryl methyl sites for hydroxylation is 1. The average molecular weight is 207 g/mol. The summed E-state index contributed by atoms with van der Waals surface area (Å²) >= 11 is 0. The smallest absolute Gasteiger partial charge is 0.224 e. The number of carbonyl (C=O) groups is 1. The van der Waals surface area contributed by atoms with E-state index in [0.29, 0.717) is 19.6 Å². The van der Waals surface area contributed by atoms with E-state index in [4.69, 9.17) is 4.74 Å². The molecule has 3 nitrogen and oxygen atoms in total. The van der Waals surface area contributed by atoms with Crippen LogP contribution in [0.25, 0.3) is 0 Å². The number of ether oxygens (including phenoxy) is 1. The zero-order valence-corrected chi connectivity index (χ0v) is 9.25. The lowest BCUT2D eigenvalue weighted by Gasteiger charge is -2.04. The number of methoxy groups -OCH3 is 1. The minimum atomic E-state index is 0.0379. The molecule has 1 amide bonds. The first-order chi connectivity index (χ1) is 7.22. The van der Waals surface area contributed by atoms with E-state index in [0.717, 1.165) is 5.56 Å². The van der Waals surface area contributed by atoms with Gasteiger partial charge in [-0.15, -0.1) is 0 Å². The van der Waals surface area contributed by atoms with Crippen molar-refractivity contribution in [1.29, 1.82) is 0 Å². The molecule has 0 saturated heterocycles. The highest BCUT2D eigenvalue weighted by atomic mass is 16.5. The molecule has 0 saturated carbocycles. The Hall–Kier alpha value is -1.35. The number of amides is 1. The van der Waals surface area contributed by atoms with Crippen LogP contribution in [0.4, 0.5) is 0 Å². The van der Waals surface area contributed by atoms with Crippen molar-refractivity contribution < 1.29 is 9.53 Å². The number of hydrogen-bond acceptors (Lipinski definition) is 2. The lowest BCUT2D eigenvalue weighted by Crippen LogP contribution is -2.28. The fourth-order valence-electron chi connectivity index (χ4n) is 1.25. The Morgan fingerprint density at radius 3 is 2.60 bits per heavy atom. The molecule has 0 fully saturated rings. The maximum atomic E-state index is 11.4. The number of carbonyl (C=O) groups excluding carboxylic acids is 1. The first-order valence-corrected chi connectivity index (χ1v) is 5.03. The second-order valence-corrected chi connectivity index (χ2v) is 3.51. The van der Waals surface area contributed by atoms with Gasteiger partial charge in [0.15, 0.2) is 0 Å². The number of nitrogens with one attached hydrogen (secondary N) is 1. The monoisotopic (exact) mass is 207 g/mol. The lowest BCUT2D eigenvalue weighted by molar-refractivity contribution is -0.120. The molecule has 0 heterocycles. The number of rotatable bonds is 5. The van der Waals surface area contributed by atoms with Crippen LogP contribution in [0.2, 0.25) is 0 Å². The van der Waals surface area contributed by atoms with Gasteiger partial charge in [0.25, 0.3) is 0 Å². The molecule has 3 heteroatoms. The van der Waals surface area contributed by atoms with Gasteiger partial charge in [-0.05, 0) is 12.5 Å². The highest BCUT2D eigenvalue weighted by Gasteiger charge is 2.01. The topological polar surface area (TPSA) is 38.3 Å². The molecule has 0 bridgehead atoms. The van der Waals surface area contributed by atoms with E-state index >= 15 is 0 Å². The molecular formula is C12H17NO2. The maximum Gasteiger partial charge on any atom is 0.224 e. The molecule has 1 rings (SSSR count). The summed E-state index contributed by atoms with van der Waals surface area (Å²) in [5.41, 5.74) is 2.24. The molecule has 0 aliphatic heterocycles. The normalized spacial score (nSPS) is 10.0. The van der Waals surface area contributed by atoms with E-state index in [1.54, 1.807) is 7.11 Å². The van der Waals surface area contributed by atoms with Crippen LogP contribution in [0.1, 0.15) is 11.1 Å². The summed E-state index contributed by atoms with van der Waals surface area (Å²) in [7, 11) is 1.62. The Bertz CT molecular complexity index is 306. The molecule has 0 unspecified atom stereocenters. The van der Waals surface area contributed by atoms with Crippen molar-refractivity contribution in [3.05, 3.63) is 35.4 Å². The standard InChI is InChI=1S/C12H17NO2/c1-10-3-5-11(6-4-10)9-12(14)13-7-8-15-2/h3-6H,7-9H2,1-2H3,(H,13,14). The fraction of sp³-hybridized carbons (Fsp3) is 0.417. The molecule has 0 aliphatic rings. The summed E-state index contributed by atoms with van der Waals surface area (Å²) in [4.78, 5) is 11.4. The third-order valence-electron chi connectivity index (χ3n) is 2.11. The van der Waals surface area contributed by atoms with Crippen molar-refractivity contribution in [3.63, 3.8) is 0 Å². The third-order valence-corrected chi connectivity index (χ3v) is 2.11. The second-order valence-electron chi connectivity index (χ2n) is 3.51. The molecule has 0 radical (unpaired) electrons. The van der Waals surface area contributed by atoms with E-state index < -0.39 is 0 Å². The molecular weight excluding hydrogens is 190 g/mol. The first kappa shape index (κ1) is 11.7. The quantitative estimate of drug-likeness (QED) is 0.739. The third kappa shape index (κ3) is 4.61. The fourth-order valence-corrected chi connectivity index (χ4v) is 1.25. The van der Waals surface area contributed by atoms with E-state index in [9.17, 15) is 4.79 Å². The molecule has 82 valence electrons. The minimum absolute atomic E-state index is 0.0379. The summed E-state index contributed by atoms with van der Waals surface area (Å²) in [6.07, 6.45) is 0.435. The number of benzene rings is 1. The van der Waals surface area contributed by atoms with Crippen LogP contribution in [-0.4, -0.2) is 26.2 Å². The second kappa shape index (κ2) is 6.19. The summed E-state index contributed by atoms with van der Waals surface area (Å²) in [6, 6.07) is 7.98. The summed E-state index contributed by atoms with van der Waals surface area (Å²) in [6.45, 7) is 3.16. The highest BCUT2D eigenvalue weighted by Crippen LogP contribution is 2.03. The predicted octanol–water partition coefficient (Wildman–Crippen LogP) is 1.30. The molecule has 0 aromatic heterocycles. The van der Waals surface area contributed by atoms with Gasteiger partial charge >= 0.3 is 0 Å². The molecule has 1 N–H and O–H groups in total. The van der Waals surface area contributed by atoms with Crippen LogP contribution in [0, 0.1) is 6.92 Å². The van der Waals surface area contributed by atoms with Gasteiger partial charge in [-0.2, -0.15) is 0 Å². The van der Waals surface area contributed by atoms with Gasteiger partial charge in [0, 0.05) is 13.7 Å².